The quantitative estimate of drug-likeness (QED) is 0.564. The lowest BCUT2D eigenvalue weighted by Gasteiger charge is -2.01. The molecule has 1 N–H and O–H groups in total. The van der Waals surface area contributed by atoms with Crippen LogP contribution >= 0.6 is 7.12 Å². The van der Waals surface area contributed by atoms with E-state index in [9.17, 15) is 9.00 Å². The maximum absolute atomic E-state index is 11.4. The molecule has 2 aliphatic rings. The summed E-state index contributed by atoms with van der Waals surface area (Å²) in [6.45, 7) is 3.63. The average molecular weight is 217 g/mol. The number of hydrogen-bond acceptors (Lipinski definition) is 2. The fourth-order valence-electron chi connectivity index (χ4n) is 1.21. The first-order valence-corrected chi connectivity index (χ1v) is 7.79. The lowest BCUT2D eigenvalue weighted by molar-refractivity contribution is -0.120. The zero-order valence-electron chi connectivity index (χ0n) is 7.23. The Balaban J connectivity index is 1.78. The van der Waals surface area contributed by atoms with Gasteiger partial charge in [0, 0.05) is 13.0 Å². The van der Waals surface area contributed by atoms with Crippen LogP contribution in [0.2, 0.25) is 0 Å². The smallest absolute Gasteiger partial charge is 0.235 e. The van der Waals surface area contributed by atoms with Gasteiger partial charge in [-0.15, -0.1) is 6.58 Å². The molecule has 0 aromatic carbocycles. The summed E-state index contributed by atoms with van der Waals surface area (Å²) in [5.41, 5.74) is 0. The summed E-state index contributed by atoms with van der Waals surface area (Å²) >= 11 is 0. The minimum atomic E-state index is -1.06. The molecule has 2 fully saturated rings. The zero-order chi connectivity index (χ0) is 9.42. The van der Waals surface area contributed by atoms with Crippen molar-refractivity contribution in [1.29, 1.82) is 0 Å². The molecular weight excluding hydrogens is 205 g/mol. The number of amides is 1. The third kappa shape index (κ3) is 2.18. The van der Waals surface area contributed by atoms with Crippen LogP contribution in [0.15, 0.2) is 12.7 Å². The van der Waals surface area contributed by atoms with Gasteiger partial charge in [0.1, 0.15) is 10.6 Å². The van der Waals surface area contributed by atoms with E-state index in [-0.39, 0.29) is 18.9 Å². The third-order valence-electron chi connectivity index (χ3n) is 2.31. The minimum absolute atomic E-state index is 0.0439. The molecule has 1 aliphatic carbocycles. The second kappa shape index (κ2) is 3.50. The summed E-state index contributed by atoms with van der Waals surface area (Å²) in [6, 6.07) is 0. The molecule has 1 saturated heterocycles. The van der Waals surface area contributed by atoms with Gasteiger partial charge < -0.3 is 0 Å². The van der Waals surface area contributed by atoms with Gasteiger partial charge in [-0.05, 0) is 24.7 Å². The van der Waals surface area contributed by atoms with E-state index in [1.807, 2.05) is 0 Å². The lowest BCUT2D eigenvalue weighted by atomic mass is 10.3. The number of carbonyl (C=O) groups is 1. The minimum Gasteiger partial charge on any atom is -0.274 e. The third-order valence-corrected chi connectivity index (χ3v) is 6.74. The van der Waals surface area contributed by atoms with Crippen LogP contribution in [0.4, 0.5) is 0 Å². The molecule has 1 aliphatic heterocycles. The number of rotatable bonds is 4. The maximum atomic E-state index is 11.4. The van der Waals surface area contributed by atoms with Crippen molar-refractivity contribution in [2.45, 2.75) is 6.42 Å². The molecular formula is C8H12NO2PS. The largest absolute Gasteiger partial charge is 0.274 e. The molecule has 1 heterocycles. The molecule has 3 atom stereocenters. The summed E-state index contributed by atoms with van der Waals surface area (Å²) < 4.78 is 13.9. The van der Waals surface area contributed by atoms with Crippen molar-refractivity contribution in [3.8, 4) is 0 Å². The molecule has 1 saturated carbocycles. The van der Waals surface area contributed by atoms with E-state index in [2.05, 4.69) is 11.3 Å². The van der Waals surface area contributed by atoms with Gasteiger partial charge in [-0.2, -0.15) is 0 Å². The second-order valence-electron chi connectivity index (χ2n) is 3.39. The van der Waals surface area contributed by atoms with E-state index in [1.54, 1.807) is 6.08 Å². The molecule has 1 amide bonds. The van der Waals surface area contributed by atoms with E-state index in [4.69, 9.17) is 0 Å². The van der Waals surface area contributed by atoms with Crippen molar-refractivity contribution in [3.05, 3.63) is 12.7 Å². The summed E-state index contributed by atoms with van der Waals surface area (Å²) in [5.74, 6) is 0.331. The topological polar surface area (TPSA) is 46.2 Å². The van der Waals surface area contributed by atoms with Crippen LogP contribution in [0.1, 0.15) is 6.42 Å². The van der Waals surface area contributed by atoms with Crippen LogP contribution in [0, 0.1) is 11.8 Å². The molecule has 0 aromatic rings. The summed E-state index contributed by atoms with van der Waals surface area (Å²) in [6.07, 6.45) is 4.79. The van der Waals surface area contributed by atoms with Gasteiger partial charge in [0.15, 0.2) is 0 Å². The normalized spacial score (nSPS) is 33.5. The predicted octanol–water partition coefficient (Wildman–Crippen LogP) is 0.999. The van der Waals surface area contributed by atoms with Crippen molar-refractivity contribution in [1.82, 2.24) is 4.72 Å². The Hall–Kier alpha value is -0.210. The number of carbonyl (C=O) groups excluding carboxylic acids is 1. The molecule has 0 spiro atoms. The van der Waals surface area contributed by atoms with Crippen LogP contribution < -0.4 is 4.72 Å². The van der Waals surface area contributed by atoms with E-state index in [0.717, 1.165) is 18.7 Å². The first kappa shape index (κ1) is 9.35. The van der Waals surface area contributed by atoms with Gasteiger partial charge in [-0.1, -0.05) is 6.08 Å². The maximum Gasteiger partial charge on any atom is 0.235 e. The van der Waals surface area contributed by atoms with Crippen molar-refractivity contribution < 1.29 is 9.00 Å². The Labute approximate surface area is 81.1 Å². The number of hydrogen-bond donors (Lipinski definition) is 1. The van der Waals surface area contributed by atoms with Gasteiger partial charge in [0.2, 0.25) is 5.91 Å². The predicted molar refractivity (Wildman–Crippen MR) is 54.7 cm³/mol. The zero-order valence-corrected chi connectivity index (χ0v) is 8.94. The Bertz CT molecular complexity index is 277. The molecule has 0 radical (unpaired) electrons. The summed E-state index contributed by atoms with van der Waals surface area (Å²) in [4.78, 5) is 11.4. The molecule has 2 rings (SSSR count). The van der Waals surface area contributed by atoms with Crippen molar-refractivity contribution in [3.63, 3.8) is 0 Å². The molecule has 72 valence electrons. The fraction of sp³-hybridized carbons (Fsp3) is 0.625. The molecule has 5 heteroatoms. The van der Waals surface area contributed by atoms with Crippen molar-refractivity contribution in [2.24, 2.45) is 11.8 Å². The van der Waals surface area contributed by atoms with Gasteiger partial charge in [-0.25, -0.2) is 4.21 Å². The van der Waals surface area contributed by atoms with E-state index in [1.165, 1.54) is 0 Å². The van der Waals surface area contributed by atoms with E-state index >= 15 is 0 Å². The van der Waals surface area contributed by atoms with Crippen molar-refractivity contribution >= 4 is 23.6 Å². The first-order valence-electron chi connectivity index (χ1n) is 4.32. The van der Waals surface area contributed by atoms with E-state index < -0.39 is 10.6 Å². The number of nitrogens with one attached hydrogen (secondary N) is 1. The number of allylic oxidation sites excluding steroid dienone is 1. The van der Waals surface area contributed by atoms with Crippen molar-refractivity contribution in [2.75, 3.05) is 12.3 Å². The standard InChI is InChI=1S/C8H12NO2PS/c1-2-6-5-7(6)8(10)9-13(11)12-3-4-12/h2,6-7H,1,3-5H2,(H,9,10). The van der Waals surface area contributed by atoms with Crippen LogP contribution in [0.25, 0.3) is 0 Å². The molecule has 3 unspecified atom stereocenters. The molecule has 0 bridgehead atoms. The highest BCUT2D eigenvalue weighted by atomic mass is 32.7. The highest BCUT2D eigenvalue weighted by Crippen LogP contribution is 2.53. The Morgan fingerprint density at radius 1 is 1.62 bits per heavy atom. The van der Waals surface area contributed by atoms with Crippen LogP contribution in [-0.2, 0) is 15.4 Å². The average Bonchev–Trinajstić information content (AvgIpc) is 2.98. The lowest BCUT2D eigenvalue weighted by Crippen LogP contribution is -2.25. The Morgan fingerprint density at radius 3 is 2.77 bits per heavy atom. The first-order chi connectivity index (χ1) is 6.22. The SMILES string of the molecule is C=CC1CC1C(=O)NS(=O)P1CC1. The fourth-order valence-corrected chi connectivity index (χ4v) is 4.71. The summed E-state index contributed by atoms with van der Waals surface area (Å²) in [7, 11) is -1.40. The monoisotopic (exact) mass is 217 g/mol. The Morgan fingerprint density at radius 2 is 2.31 bits per heavy atom. The van der Waals surface area contributed by atoms with Crippen LogP contribution in [0.3, 0.4) is 0 Å². The highest BCUT2D eigenvalue weighted by molar-refractivity contribution is 8.48. The highest BCUT2D eigenvalue weighted by Gasteiger charge is 2.42. The van der Waals surface area contributed by atoms with Gasteiger partial charge in [-0.3, -0.25) is 9.52 Å². The summed E-state index contributed by atoms with van der Waals surface area (Å²) in [5, 5.41) is 0. The Kier molecular flexibility index (Phi) is 2.52. The second-order valence-corrected chi connectivity index (χ2v) is 8.49. The molecule has 0 aromatic heterocycles. The van der Waals surface area contributed by atoms with Gasteiger partial charge in [0.05, 0.1) is 0 Å². The van der Waals surface area contributed by atoms with Gasteiger partial charge >= 0.3 is 0 Å². The molecule has 3 nitrogen and oxygen atoms in total. The molecule has 13 heavy (non-hydrogen) atoms. The van der Waals surface area contributed by atoms with Crippen LogP contribution in [-0.4, -0.2) is 22.4 Å². The van der Waals surface area contributed by atoms with Gasteiger partial charge in [0.25, 0.3) is 0 Å². The van der Waals surface area contributed by atoms with E-state index in [0.29, 0.717) is 5.92 Å². The van der Waals surface area contributed by atoms with Crippen LogP contribution in [0.5, 0.6) is 0 Å².